The Hall–Kier alpha value is -0.710. The molecule has 0 spiro atoms. The fourth-order valence-corrected chi connectivity index (χ4v) is 2.25. The van der Waals surface area contributed by atoms with Crippen molar-refractivity contribution in [2.75, 3.05) is 12.9 Å². The van der Waals surface area contributed by atoms with Crippen LogP contribution in [0.2, 0.25) is 5.02 Å². The zero-order valence-electron chi connectivity index (χ0n) is 8.85. The summed E-state index contributed by atoms with van der Waals surface area (Å²) >= 11 is 7.36. The average molecular weight is 261 g/mol. The standard InChI is InChI=1S/C11H13ClO3S/c1-15-11(14)6-8(13)7-16-10-5-3-2-4-9(10)12/h2-5,8,13H,6-7H2,1H3/t8-/m1/s1. The van der Waals surface area contributed by atoms with Crippen molar-refractivity contribution in [2.45, 2.75) is 17.4 Å². The molecule has 16 heavy (non-hydrogen) atoms. The van der Waals surface area contributed by atoms with Crippen molar-refractivity contribution in [3.05, 3.63) is 29.3 Å². The molecule has 0 unspecified atom stereocenters. The lowest BCUT2D eigenvalue weighted by Crippen LogP contribution is -2.16. The first-order valence-electron chi connectivity index (χ1n) is 4.75. The molecule has 1 N–H and O–H groups in total. The molecule has 0 aliphatic heterocycles. The summed E-state index contributed by atoms with van der Waals surface area (Å²) in [5.41, 5.74) is 0. The third kappa shape index (κ3) is 4.43. The Balaban J connectivity index is 2.40. The Morgan fingerprint density at radius 2 is 2.25 bits per heavy atom. The monoisotopic (exact) mass is 260 g/mol. The van der Waals surface area contributed by atoms with Crippen LogP contribution < -0.4 is 0 Å². The number of hydrogen-bond acceptors (Lipinski definition) is 4. The summed E-state index contributed by atoms with van der Waals surface area (Å²) in [5, 5.41) is 10.2. The van der Waals surface area contributed by atoms with Gasteiger partial charge in [-0.2, -0.15) is 0 Å². The Kier molecular flexibility index (Phi) is 5.66. The largest absolute Gasteiger partial charge is 0.469 e. The van der Waals surface area contributed by atoms with E-state index in [0.29, 0.717) is 10.8 Å². The Morgan fingerprint density at radius 3 is 2.88 bits per heavy atom. The number of hydrogen-bond donors (Lipinski definition) is 1. The highest BCUT2D eigenvalue weighted by Crippen LogP contribution is 2.27. The number of halogens is 1. The van der Waals surface area contributed by atoms with Gasteiger partial charge in [0, 0.05) is 10.6 Å². The van der Waals surface area contributed by atoms with Gasteiger partial charge in [-0.25, -0.2) is 0 Å². The molecule has 5 heteroatoms. The minimum absolute atomic E-state index is 0.00789. The minimum Gasteiger partial charge on any atom is -0.469 e. The molecular formula is C11H13ClO3S. The van der Waals surface area contributed by atoms with Gasteiger partial charge in [0.25, 0.3) is 0 Å². The number of ether oxygens (including phenoxy) is 1. The van der Waals surface area contributed by atoms with Gasteiger partial charge in [-0.15, -0.1) is 11.8 Å². The van der Waals surface area contributed by atoms with Crippen molar-refractivity contribution in [3.63, 3.8) is 0 Å². The highest BCUT2D eigenvalue weighted by atomic mass is 35.5. The van der Waals surface area contributed by atoms with Crippen molar-refractivity contribution in [3.8, 4) is 0 Å². The maximum absolute atomic E-state index is 10.9. The van der Waals surface area contributed by atoms with Gasteiger partial charge < -0.3 is 9.84 Å². The lowest BCUT2D eigenvalue weighted by Gasteiger charge is -2.09. The molecule has 88 valence electrons. The summed E-state index contributed by atoms with van der Waals surface area (Å²) in [6.07, 6.45) is -0.706. The van der Waals surface area contributed by atoms with Crippen molar-refractivity contribution >= 4 is 29.3 Å². The molecule has 0 saturated heterocycles. The van der Waals surface area contributed by atoms with Crippen molar-refractivity contribution in [2.24, 2.45) is 0 Å². The van der Waals surface area contributed by atoms with Gasteiger partial charge in [0.2, 0.25) is 0 Å². The molecule has 3 nitrogen and oxygen atoms in total. The molecule has 0 aliphatic rings. The zero-order chi connectivity index (χ0) is 12.0. The van der Waals surface area contributed by atoms with E-state index < -0.39 is 12.1 Å². The predicted molar refractivity (Wildman–Crippen MR) is 64.8 cm³/mol. The second-order valence-corrected chi connectivity index (χ2v) is 4.64. The first-order chi connectivity index (χ1) is 7.63. The highest BCUT2D eigenvalue weighted by Gasteiger charge is 2.12. The van der Waals surface area contributed by atoms with E-state index >= 15 is 0 Å². The Labute approximate surface area is 104 Å². The number of benzene rings is 1. The number of methoxy groups -OCH3 is 1. The van der Waals surface area contributed by atoms with Crippen LogP contribution in [0.15, 0.2) is 29.2 Å². The second-order valence-electron chi connectivity index (χ2n) is 3.18. The van der Waals surface area contributed by atoms with Crippen LogP contribution >= 0.6 is 23.4 Å². The SMILES string of the molecule is COC(=O)C[C@@H](O)CSc1ccccc1Cl. The van der Waals surface area contributed by atoms with E-state index in [2.05, 4.69) is 4.74 Å². The fourth-order valence-electron chi connectivity index (χ4n) is 1.08. The van der Waals surface area contributed by atoms with Gasteiger partial charge in [0.1, 0.15) is 0 Å². The van der Waals surface area contributed by atoms with E-state index in [-0.39, 0.29) is 6.42 Å². The number of aliphatic hydroxyl groups is 1. The van der Waals surface area contributed by atoms with E-state index in [1.54, 1.807) is 6.07 Å². The Morgan fingerprint density at radius 1 is 1.56 bits per heavy atom. The smallest absolute Gasteiger partial charge is 0.308 e. The summed E-state index contributed by atoms with van der Waals surface area (Å²) in [6, 6.07) is 7.38. The van der Waals surface area contributed by atoms with Gasteiger partial charge in [0.05, 0.1) is 24.7 Å². The molecule has 0 saturated carbocycles. The van der Waals surface area contributed by atoms with Gasteiger partial charge >= 0.3 is 5.97 Å². The van der Waals surface area contributed by atoms with E-state index in [4.69, 9.17) is 11.6 Å². The normalized spacial score (nSPS) is 12.2. The Bertz CT molecular complexity index is 357. The topological polar surface area (TPSA) is 46.5 Å². The number of aliphatic hydroxyl groups excluding tert-OH is 1. The quantitative estimate of drug-likeness (QED) is 0.652. The molecule has 1 aromatic carbocycles. The minimum atomic E-state index is -0.714. The highest BCUT2D eigenvalue weighted by molar-refractivity contribution is 7.99. The van der Waals surface area contributed by atoms with E-state index in [1.807, 2.05) is 18.2 Å². The molecule has 0 radical (unpaired) electrons. The zero-order valence-corrected chi connectivity index (χ0v) is 10.4. The summed E-state index contributed by atoms with van der Waals surface area (Å²) in [6.45, 7) is 0. The third-order valence-electron chi connectivity index (χ3n) is 1.90. The van der Waals surface area contributed by atoms with Crippen LogP contribution in [0.25, 0.3) is 0 Å². The van der Waals surface area contributed by atoms with Crippen LogP contribution in [0.1, 0.15) is 6.42 Å². The number of esters is 1. The average Bonchev–Trinajstić information content (AvgIpc) is 2.28. The van der Waals surface area contributed by atoms with Gasteiger partial charge in [-0.3, -0.25) is 4.79 Å². The van der Waals surface area contributed by atoms with Crippen molar-refractivity contribution < 1.29 is 14.6 Å². The lowest BCUT2D eigenvalue weighted by atomic mass is 10.3. The summed E-state index contributed by atoms with van der Waals surface area (Å²) in [7, 11) is 1.30. The maximum Gasteiger partial charge on any atom is 0.308 e. The molecule has 0 heterocycles. The predicted octanol–water partition coefficient (Wildman–Crippen LogP) is 2.36. The number of carbonyl (C=O) groups is 1. The molecule has 0 amide bonds. The fraction of sp³-hybridized carbons (Fsp3) is 0.364. The van der Waals surface area contributed by atoms with Gasteiger partial charge in [-0.1, -0.05) is 23.7 Å². The molecule has 0 fully saturated rings. The molecule has 0 aromatic heterocycles. The summed E-state index contributed by atoms with van der Waals surface area (Å²) in [4.78, 5) is 11.8. The first-order valence-corrected chi connectivity index (χ1v) is 6.12. The van der Waals surface area contributed by atoms with Gasteiger partial charge in [-0.05, 0) is 12.1 Å². The van der Waals surface area contributed by atoms with Gasteiger partial charge in [0.15, 0.2) is 0 Å². The van der Waals surface area contributed by atoms with E-state index in [1.165, 1.54) is 18.9 Å². The summed E-state index contributed by atoms with van der Waals surface area (Å²) in [5.74, 6) is 0.00556. The third-order valence-corrected chi connectivity index (χ3v) is 3.56. The van der Waals surface area contributed by atoms with Crippen LogP contribution in [0.5, 0.6) is 0 Å². The van der Waals surface area contributed by atoms with Crippen LogP contribution in [0.4, 0.5) is 0 Å². The van der Waals surface area contributed by atoms with Crippen LogP contribution in [-0.4, -0.2) is 30.0 Å². The molecule has 1 rings (SSSR count). The molecule has 1 atom stereocenters. The van der Waals surface area contributed by atoms with Crippen molar-refractivity contribution in [1.29, 1.82) is 0 Å². The van der Waals surface area contributed by atoms with Crippen LogP contribution in [-0.2, 0) is 9.53 Å². The number of rotatable bonds is 5. The van der Waals surface area contributed by atoms with E-state index in [0.717, 1.165) is 4.90 Å². The van der Waals surface area contributed by atoms with Crippen LogP contribution in [0, 0.1) is 0 Å². The number of carbonyl (C=O) groups excluding carboxylic acids is 1. The van der Waals surface area contributed by atoms with E-state index in [9.17, 15) is 9.90 Å². The first kappa shape index (κ1) is 13.4. The lowest BCUT2D eigenvalue weighted by molar-refractivity contribution is -0.142. The molecule has 0 aliphatic carbocycles. The number of thioether (sulfide) groups is 1. The molecule has 1 aromatic rings. The molecular weight excluding hydrogens is 248 g/mol. The summed E-state index contributed by atoms with van der Waals surface area (Å²) < 4.78 is 4.46. The maximum atomic E-state index is 10.9. The molecule has 0 bridgehead atoms. The van der Waals surface area contributed by atoms with Crippen LogP contribution in [0.3, 0.4) is 0 Å². The second kappa shape index (κ2) is 6.78. The van der Waals surface area contributed by atoms with Crippen molar-refractivity contribution in [1.82, 2.24) is 0 Å².